The molecule has 4 aromatic carbocycles. The molecule has 0 saturated heterocycles. The minimum absolute atomic E-state index is 0.130. The summed E-state index contributed by atoms with van der Waals surface area (Å²) in [5.41, 5.74) is 3.82. The van der Waals surface area contributed by atoms with Crippen molar-refractivity contribution in [3.8, 4) is 0 Å². The monoisotopic (exact) mass is 477 g/mol. The van der Waals surface area contributed by atoms with Gasteiger partial charge in [-0.05, 0) is 30.2 Å². The van der Waals surface area contributed by atoms with Crippen LogP contribution in [-0.4, -0.2) is 29.2 Å². The zero-order chi connectivity index (χ0) is 25.3. The maximum absolute atomic E-state index is 13.7. The predicted octanol–water partition coefficient (Wildman–Crippen LogP) is 5.88. The third-order valence-electron chi connectivity index (χ3n) is 5.81. The van der Waals surface area contributed by atoms with E-state index in [1.807, 2.05) is 79.7 Å². The van der Waals surface area contributed by atoms with Crippen molar-refractivity contribution < 1.29 is 19.1 Å². The highest BCUT2D eigenvalue weighted by Gasteiger charge is 2.24. The van der Waals surface area contributed by atoms with Crippen LogP contribution in [0, 0.1) is 6.92 Å². The second-order valence-corrected chi connectivity index (χ2v) is 8.54. The first-order chi connectivity index (χ1) is 17.5. The van der Waals surface area contributed by atoms with Crippen LogP contribution in [0.4, 0.5) is 0 Å². The van der Waals surface area contributed by atoms with Crippen LogP contribution in [0.5, 0.6) is 0 Å². The molecule has 0 aliphatic heterocycles. The van der Waals surface area contributed by atoms with Gasteiger partial charge in [0.25, 0.3) is 5.91 Å². The van der Waals surface area contributed by atoms with E-state index in [-0.39, 0.29) is 22.8 Å². The number of benzene rings is 4. The number of hydrogen-bond donors (Lipinski definition) is 0. The molecule has 0 aliphatic rings. The first-order valence-corrected chi connectivity index (χ1v) is 11.7. The summed E-state index contributed by atoms with van der Waals surface area (Å²) < 4.78 is 5.32. The van der Waals surface area contributed by atoms with Gasteiger partial charge in [0, 0.05) is 18.7 Å². The molecule has 0 bridgehead atoms. The van der Waals surface area contributed by atoms with Crippen molar-refractivity contribution in [3.63, 3.8) is 0 Å². The molecule has 0 heterocycles. The molecule has 36 heavy (non-hydrogen) atoms. The third-order valence-corrected chi connectivity index (χ3v) is 5.81. The zero-order valence-corrected chi connectivity index (χ0v) is 20.1. The Morgan fingerprint density at radius 1 is 0.639 bits per heavy atom. The van der Waals surface area contributed by atoms with Gasteiger partial charge in [-0.1, -0.05) is 103 Å². The van der Waals surface area contributed by atoms with Crippen LogP contribution in [0.2, 0.25) is 0 Å². The fourth-order valence-corrected chi connectivity index (χ4v) is 3.86. The molecule has 5 heteroatoms. The molecule has 1 amide bonds. The smallest absolute Gasteiger partial charge is 0.339 e. The lowest BCUT2D eigenvalue weighted by atomic mass is 10.0. The van der Waals surface area contributed by atoms with Crippen molar-refractivity contribution in [2.24, 2.45) is 0 Å². The van der Waals surface area contributed by atoms with E-state index in [0.29, 0.717) is 18.7 Å². The van der Waals surface area contributed by atoms with E-state index in [9.17, 15) is 14.4 Å². The summed E-state index contributed by atoms with van der Waals surface area (Å²) in [6, 6.07) is 33.0. The Labute approximate surface area is 211 Å². The maximum atomic E-state index is 13.7. The standard InChI is InChI=1S/C31H27NO4/c1-23-16-18-26(19-17-23)29(33)22-36-31(35)28-15-9-8-14-27(28)30(34)32(20-24-10-4-2-5-11-24)21-25-12-6-3-7-13-25/h2-19H,20-22H2,1H3. The lowest BCUT2D eigenvalue weighted by molar-refractivity contribution is 0.0469. The molecule has 4 rings (SSSR count). The van der Waals surface area contributed by atoms with Gasteiger partial charge in [-0.2, -0.15) is 0 Å². The molecule has 0 saturated carbocycles. The first-order valence-electron chi connectivity index (χ1n) is 11.7. The zero-order valence-electron chi connectivity index (χ0n) is 20.1. The number of nitrogens with zero attached hydrogens (tertiary/aromatic N) is 1. The lowest BCUT2D eigenvalue weighted by Crippen LogP contribution is -2.31. The summed E-state index contributed by atoms with van der Waals surface area (Å²) in [4.78, 5) is 40.9. The van der Waals surface area contributed by atoms with E-state index < -0.39 is 12.6 Å². The SMILES string of the molecule is Cc1ccc(C(=O)COC(=O)c2ccccc2C(=O)N(Cc2ccccc2)Cc2ccccc2)cc1. The van der Waals surface area contributed by atoms with Crippen molar-refractivity contribution in [1.29, 1.82) is 0 Å². The van der Waals surface area contributed by atoms with E-state index in [4.69, 9.17) is 4.74 Å². The van der Waals surface area contributed by atoms with Gasteiger partial charge in [-0.3, -0.25) is 9.59 Å². The molecule has 0 aromatic heterocycles. The quantitative estimate of drug-likeness (QED) is 0.223. The van der Waals surface area contributed by atoms with E-state index >= 15 is 0 Å². The van der Waals surface area contributed by atoms with Crippen LogP contribution in [0.3, 0.4) is 0 Å². The van der Waals surface area contributed by atoms with Crippen LogP contribution in [0.15, 0.2) is 109 Å². The molecule has 0 N–H and O–H groups in total. The van der Waals surface area contributed by atoms with Crippen LogP contribution >= 0.6 is 0 Å². The Balaban J connectivity index is 1.54. The number of aryl methyl sites for hydroxylation is 1. The molecular weight excluding hydrogens is 450 g/mol. The minimum atomic E-state index is -0.709. The normalized spacial score (nSPS) is 10.5. The molecule has 0 unspecified atom stereocenters. The topological polar surface area (TPSA) is 63.7 Å². The van der Waals surface area contributed by atoms with E-state index in [1.54, 1.807) is 41.3 Å². The highest BCUT2D eigenvalue weighted by atomic mass is 16.5. The van der Waals surface area contributed by atoms with Crippen LogP contribution in [0.1, 0.15) is 47.8 Å². The number of rotatable bonds is 9. The van der Waals surface area contributed by atoms with Crippen LogP contribution in [0.25, 0.3) is 0 Å². The largest absolute Gasteiger partial charge is 0.454 e. The second kappa shape index (κ2) is 11.8. The van der Waals surface area contributed by atoms with Gasteiger partial charge in [0.15, 0.2) is 12.4 Å². The lowest BCUT2D eigenvalue weighted by Gasteiger charge is -2.24. The number of ketones is 1. The van der Waals surface area contributed by atoms with Crippen molar-refractivity contribution >= 4 is 17.7 Å². The van der Waals surface area contributed by atoms with Crippen molar-refractivity contribution in [2.45, 2.75) is 20.0 Å². The van der Waals surface area contributed by atoms with E-state index in [2.05, 4.69) is 0 Å². The number of carbonyl (C=O) groups excluding carboxylic acids is 3. The Bertz CT molecular complexity index is 1290. The Morgan fingerprint density at radius 2 is 1.14 bits per heavy atom. The maximum Gasteiger partial charge on any atom is 0.339 e. The van der Waals surface area contributed by atoms with Gasteiger partial charge in [0.1, 0.15) is 0 Å². The Morgan fingerprint density at radius 3 is 1.69 bits per heavy atom. The Kier molecular flexibility index (Phi) is 8.04. The molecule has 0 aliphatic carbocycles. The predicted molar refractivity (Wildman–Crippen MR) is 139 cm³/mol. The average Bonchev–Trinajstić information content (AvgIpc) is 2.92. The van der Waals surface area contributed by atoms with Gasteiger partial charge >= 0.3 is 5.97 Å². The van der Waals surface area contributed by atoms with Crippen molar-refractivity contribution in [2.75, 3.05) is 6.61 Å². The molecule has 0 atom stereocenters. The van der Waals surface area contributed by atoms with Crippen molar-refractivity contribution in [3.05, 3.63) is 143 Å². The summed E-state index contributed by atoms with van der Waals surface area (Å²) >= 11 is 0. The third kappa shape index (κ3) is 6.33. The van der Waals surface area contributed by atoms with Gasteiger partial charge in [-0.25, -0.2) is 4.79 Å². The molecule has 180 valence electrons. The molecule has 0 fully saturated rings. The number of ether oxygens (including phenoxy) is 1. The molecule has 5 nitrogen and oxygen atoms in total. The summed E-state index contributed by atoms with van der Waals surface area (Å²) in [5.74, 6) is -1.30. The number of amides is 1. The fourth-order valence-electron chi connectivity index (χ4n) is 3.86. The van der Waals surface area contributed by atoms with Crippen molar-refractivity contribution in [1.82, 2.24) is 4.90 Å². The van der Waals surface area contributed by atoms with Gasteiger partial charge in [0.05, 0.1) is 11.1 Å². The Hall–Kier alpha value is -4.51. The summed E-state index contributed by atoms with van der Waals surface area (Å²) in [5, 5.41) is 0. The fraction of sp³-hybridized carbons (Fsp3) is 0.129. The summed E-state index contributed by atoms with van der Waals surface area (Å²) in [6.45, 7) is 2.29. The highest BCUT2D eigenvalue weighted by molar-refractivity contribution is 6.06. The highest BCUT2D eigenvalue weighted by Crippen LogP contribution is 2.18. The van der Waals surface area contributed by atoms with E-state index in [1.165, 1.54) is 0 Å². The number of Topliss-reactive ketones (excluding diaryl/α,β-unsaturated/α-hetero) is 1. The van der Waals surface area contributed by atoms with E-state index in [0.717, 1.165) is 16.7 Å². The summed E-state index contributed by atoms with van der Waals surface area (Å²) in [6.07, 6.45) is 0. The van der Waals surface area contributed by atoms with Crippen LogP contribution in [-0.2, 0) is 17.8 Å². The average molecular weight is 478 g/mol. The molecule has 4 aromatic rings. The number of hydrogen-bond acceptors (Lipinski definition) is 4. The molecule has 0 spiro atoms. The first kappa shape index (κ1) is 24.6. The molecular formula is C31H27NO4. The number of carbonyl (C=O) groups is 3. The molecule has 0 radical (unpaired) electrons. The summed E-state index contributed by atoms with van der Waals surface area (Å²) in [7, 11) is 0. The number of esters is 1. The van der Waals surface area contributed by atoms with Gasteiger partial charge in [-0.15, -0.1) is 0 Å². The van der Waals surface area contributed by atoms with Crippen LogP contribution < -0.4 is 0 Å². The van der Waals surface area contributed by atoms with Gasteiger partial charge < -0.3 is 9.64 Å². The second-order valence-electron chi connectivity index (χ2n) is 8.54. The van der Waals surface area contributed by atoms with Gasteiger partial charge in [0.2, 0.25) is 0 Å². The minimum Gasteiger partial charge on any atom is -0.454 e.